The lowest BCUT2D eigenvalue weighted by atomic mass is 9.87. The van der Waals surface area contributed by atoms with Gasteiger partial charge in [-0.05, 0) is 102 Å². The van der Waals surface area contributed by atoms with Crippen molar-refractivity contribution in [2.75, 3.05) is 13.2 Å². The molecule has 3 aliphatic heterocycles. The molecule has 1 saturated carbocycles. The fourth-order valence-corrected chi connectivity index (χ4v) is 8.04. The highest BCUT2D eigenvalue weighted by Gasteiger charge is 2.49. The Hall–Kier alpha value is -0.240. The highest BCUT2D eigenvalue weighted by molar-refractivity contribution is 4.98. The number of fused-ring (bicyclic) bond motifs is 2. The molecule has 2 bridgehead atoms. The van der Waals surface area contributed by atoms with Gasteiger partial charge in [0.05, 0.1) is 19.3 Å². The van der Waals surface area contributed by atoms with Crippen LogP contribution in [0.15, 0.2) is 0 Å². The lowest BCUT2D eigenvalue weighted by Crippen LogP contribution is -2.61. The van der Waals surface area contributed by atoms with Gasteiger partial charge >= 0.3 is 0 Å². The average Bonchev–Trinajstić information content (AvgIpc) is 3.39. The van der Waals surface area contributed by atoms with Gasteiger partial charge in [0.25, 0.3) is 0 Å². The van der Waals surface area contributed by atoms with Crippen LogP contribution in [0.4, 0.5) is 0 Å². The SMILES string of the molecule is CC(C)(C)C1OC2CCC(C2)N1C(C)(C)C.CC1CCOC(C(C)(C)C)N1C(C)(C)C.CC1COC(C(C)(C)C)N1C(C)(C)C. The van der Waals surface area contributed by atoms with Crippen molar-refractivity contribution in [1.29, 1.82) is 0 Å². The maximum Gasteiger partial charge on any atom is 0.116 e. The minimum atomic E-state index is 0.178. The van der Waals surface area contributed by atoms with Crippen LogP contribution >= 0.6 is 0 Å². The van der Waals surface area contributed by atoms with Gasteiger partial charge in [0.2, 0.25) is 0 Å². The third-order valence-electron chi connectivity index (χ3n) is 9.63. The van der Waals surface area contributed by atoms with Crippen molar-refractivity contribution in [2.45, 2.75) is 224 Å². The second-order valence-corrected chi connectivity index (χ2v) is 20.8. The molecular formula is C39H79N3O3. The molecule has 4 fully saturated rings. The molecule has 4 aliphatic rings. The third-order valence-corrected chi connectivity index (χ3v) is 9.63. The van der Waals surface area contributed by atoms with Crippen LogP contribution in [0.3, 0.4) is 0 Å². The van der Waals surface area contributed by atoms with Gasteiger partial charge in [-0.15, -0.1) is 0 Å². The van der Waals surface area contributed by atoms with E-state index in [0.717, 1.165) is 25.7 Å². The number of nitrogens with zero attached hydrogens (tertiary/aromatic N) is 3. The van der Waals surface area contributed by atoms with Gasteiger partial charge in [0.15, 0.2) is 0 Å². The molecule has 45 heavy (non-hydrogen) atoms. The molecule has 0 spiro atoms. The first kappa shape index (κ1) is 40.9. The predicted octanol–water partition coefficient (Wildman–Crippen LogP) is 9.56. The molecule has 0 amide bonds. The highest BCUT2D eigenvalue weighted by atomic mass is 16.5. The quantitative estimate of drug-likeness (QED) is 0.263. The summed E-state index contributed by atoms with van der Waals surface area (Å²) in [4.78, 5) is 7.64. The number of hydrogen-bond donors (Lipinski definition) is 0. The van der Waals surface area contributed by atoms with Crippen LogP contribution in [0.5, 0.6) is 0 Å². The molecule has 1 aliphatic carbocycles. The van der Waals surface area contributed by atoms with Gasteiger partial charge in [-0.2, -0.15) is 0 Å². The Morgan fingerprint density at radius 2 is 0.889 bits per heavy atom. The molecule has 0 aromatic carbocycles. The standard InChI is InChI=1S/C14H27NO.C13H27NO.C12H25NO/c1-13(2,3)12-15(14(4,5)6)10-7-8-11(9-10)16-12;1-10-8-9-15-11(12(2,3)4)14(10)13(5,6)7;1-9-8-14-10(11(2,3)4)13(9)12(5,6)7/h10-12H,7-9H2,1-6H3;10-11H,8-9H2,1-7H3;9-10H,8H2,1-7H3. The van der Waals surface area contributed by atoms with E-state index in [1.807, 2.05) is 0 Å². The van der Waals surface area contributed by atoms with Crippen molar-refractivity contribution in [3.8, 4) is 0 Å². The highest BCUT2D eigenvalue weighted by Crippen LogP contribution is 2.44. The molecule has 0 aromatic rings. The van der Waals surface area contributed by atoms with Gasteiger partial charge in [-0.1, -0.05) is 62.3 Å². The Bertz CT molecular complexity index is 909. The summed E-state index contributed by atoms with van der Waals surface area (Å²) in [7, 11) is 0. The summed E-state index contributed by atoms with van der Waals surface area (Å²) in [6, 6.07) is 1.88. The van der Waals surface area contributed by atoms with E-state index in [2.05, 4.69) is 153 Å². The van der Waals surface area contributed by atoms with Crippen LogP contribution in [0.1, 0.15) is 164 Å². The summed E-state index contributed by atoms with van der Waals surface area (Å²) in [6.07, 6.45) is 6.23. The molecule has 0 N–H and O–H groups in total. The largest absolute Gasteiger partial charge is 0.362 e. The van der Waals surface area contributed by atoms with Gasteiger partial charge < -0.3 is 14.2 Å². The number of ether oxygens (including phenoxy) is 3. The first-order chi connectivity index (χ1) is 20.0. The summed E-state index contributed by atoms with van der Waals surface area (Å²) in [6.45, 7) is 47.3. The Morgan fingerprint density at radius 1 is 0.467 bits per heavy atom. The maximum absolute atomic E-state index is 6.31. The van der Waals surface area contributed by atoms with E-state index in [1.165, 1.54) is 19.3 Å². The summed E-state index contributed by atoms with van der Waals surface area (Å²) >= 11 is 0. The van der Waals surface area contributed by atoms with Gasteiger partial charge in [-0.25, -0.2) is 0 Å². The molecule has 0 radical (unpaired) electrons. The first-order valence-electron chi connectivity index (χ1n) is 18.2. The number of hydrogen-bond acceptors (Lipinski definition) is 6. The van der Waals surface area contributed by atoms with Crippen molar-refractivity contribution >= 4 is 0 Å². The molecule has 7 unspecified atom stereocenters. The normalized spacial score (nSPS) is 32.9. The summed E-state index contributed by atoms with van der Waals surface area (Å²) in [5.41, 5.74) is 1.15. The molecule has 4 rings (SSSR count). The predicted molar refractivity (Wildman–Crippen MR) is 192 cm³/mol. The van der Waals surface area contributed by atoms with Crippen LogP contribution in [-0.4, -0.2) is 87.4 Å². The van der Waals surface area contributed by atoms with Gasteiger partial charge in [0.1, 0.15) is 18.7 Å². The zero-order chi connectivity index (χ0) is 35.1. The van der Waals surface area contributed by atoms with Crippen LogP contribution < -0.4 is 0 Å². The number of rotatable bonds is 0. The molecule has 6 nitrogen and oxygen atoms in total. The summed E-state index contributed by atoms with van der Waals surface area (Å²) in [5, 5.41) is 0. The maximum atomic E-state index is 6.31. The topological polar surface area (TPSA) is 37.4 Å². The van der Waals surface area contributed by atoms with E-state index in [9.17, 15) is 0 Å². The molecule has 3 saturated heterocycles. The first-order valence-corrected chi connectivity index (χ1v) is 18.2. The summed E-state index contributed by atoms with van der Waals surface area (Å²) < 4.78 is 18.2. The van der Waals surface area contributed by atoms with E-state index < -0.39 is 0 Å². The van der Waals surface area contributed by atoms with Crippen molar-refractivity contribution < 1.29 is 14.2 Å². The van der Waals surface area contributed by atoms with Gasteiger partial charge in [-0.3, -0.25) is 14.7 Å². The Labute approximate surface area is 281 Å². The lowest BCUT2D eigenvalue weighted by molar-refractivity contribution is -0.209. The molecule has 0 aromatic heterocycles. The summed E-state index contributed by atoms with van der Waals surface area (Å²) in [5.74, 6) is 0. The molecule has 6 heteroatoms. The minimum Gasteiger partial charge on any atom is -0.362 e. The Kier molecular flexibility index (Phi) is 13.0. The minimum absolute atomic E-state index is 0.178. The van der Waals surface area contributed by atoms with Crippen LogP contribution in [0.2, 0.25) is 0 Å². The van der Waals surface area contributed by atoms with E-state index >= 15 is 0 Å². The van der Waals surface area contributed by atoms with Crippen LogP contribution in [-0.2, 0) is 14.2 Å². The molecule has 3 heterocycles. The zero-order valence-electron chi connectivity index (χ0n) is 33.9. The van der Waals surface area contributed by atoms with Crippen molar-refractivity contribution in [2.24, 2.45) is 16.2 Å². The molecule has 7 atom stereocenters. The van der Waals surface area contributed by atoms with E-state index in [0.29, 0.717) is 18.2 Å². The molecular weight excluding hydrogens is 558 g/mol. The van der Waals surface area contributed by atoms with Crippen molar-refractivity contribution in [1.82, 2.24) is 14.7 Å². The van der Waals surface area contributed by atoms with E-state index in [-0.39, 0.29) is 51.5 Å². The third kappa shape index (κ3) is 10.9. The van der Waals surface area contributed by atoms with Gasteiger partial charge in [0, 0.05) is 51.0 Å². The van der Waals surface area contributed by atoms with E-state index in [4.69, 9.17) is 14.2 Å². The Morgan fingerprint density at radius 3 is 1.27 bits per heavy atom. The van der Waals surface area contributed by atoms with Crippen molar-refractivity contribution in [3.63, 3.8) is 0 Å². The lowest BCUT2D eigenvalue weighted by Gasteiger charge is -2.52. The average molecular weight is 638 g/mol. The Balaban J connectivity index is 0.000000236. The second-order valence-electron chi connectivity index (χ2n) is 20.8. The monoisotopic (exact) mass is 638 g/mol. The van der Waals surface area contributed by atoms with E-state index in [1.54, 1.807) is 0 Å². The van der Waals surface area contributed by atoms with Crippen LogP contribution in [0, 0.1) is 16.2 Å². The zero-order valence-corrected chi connectivity index (χ0v) is 33.9. The fourth-order valence-electron chi connectivity index (χ4n) is 8.04. The second kappa shape index (κ2) is 14.3. The smallest absolute Gasteiger partial charge is 0.116 e. The van der Waals surface area contributed by atoms with Crippen LogP contribution in [0.25, 0.3) is 0 Å². The fraction of sp³-hybridized carbons (Fsp3) is 1.00. The van der Waals surface area contributed by atoms with Crippen molar-refractivity contribution in [3.05, 3.63) is 0 Å². The molecule has 268 valence electrons.